The van der Waals surface area contributed by atoms with Crippen molar-refractivity contribution < 1.29 is 4.79 Å². The number of benzene rings is 1. The maximum Gasteiger partial charge on any atom is 0.223 e. The van der Waals surface area contributed by atoms with Crippen LogP contribution in [0.1, 0.15) is 18.1 Å². The highest BCUT2D eigenvalue weighted by Gasteiger charge is 2.14. The Morgan fingerprint density at radius 3 is 2.79 bits per heavy atom. The van der Waals surface area contributed by atoms with E-state index >= 15 is 0 Å². The van der Waals surface area contributed by atoms with Crippen LogP contribution in [0, 0.1) is 17.2 Å². The molecule has 0 fully saturated rings. The van der Waals surface area contributed by atoms with E-state index in [-0.39, 0.29) is 11.8 Å². The van der Waals surface area contributed by atoms with E-state index in [2.05, 4.69) is 11.4 Å². The van der Waals surface area contributed by atoms with Gasteiger partial charge in [-0.1, -0.05) is 24.6 Å². The lowest BCUT2D eigenvalue weighted by atomic mass is 10.1. The molecule has 0 aliphatic carbocycles. The largest absolute Gasteiger partial charge is 0.359 e. The molecule has 1 aromatic carbocycles. The third-order valence-corrected chi connectivity index (χ3v) is 3.25. The van der Waals surface area contributed by atoms with Gasteiger partial charge >= 0.3 is 0 Å². The molecule has 0 saturated heterocycles. The van der Waals surface area contributed by atoms with Crippen molar-refractivity contribution in [2.75, 3.05) is 20.6 Å². The van der Waals surface area contributed by atoms with E-state index in [4.69, 9.17) is 16.9 Å². The number of rotatable bonds is 5. The maximum absolute atomic E-state index is 11.5. The Hall–Kier alpha value is -1.57. The highest BCUT2D eigenvalue weighted by molar-refractivity contribution is 6.31. The predicted molar refractivity (Wildman–Crippen MR) is 75.7 cm³/mol. The minimum absolute atomic E-state index is 0.0257. The van der Waals surface area contributed by atoms with Crippen molar-refractivity contribution in [1.82, 2.24) is 10.2 Å². The number of halogens is 1. The lowest BCUT2D eigenvalue weighted by Gasteiger charge is -2.21. The van der Waals surface area contributed by atoms with E-state index in [1.165, 1.54) is 0 Å². The molecule has 0 saturated carbocycles. The van der Waals surface area contributed by atoms with Crippen molar-refractivity contribution in [1.29, 1.82) is 5.26 Å². The van der Waals surface area contributed by atoms with Crippen LogP contribution in [0.25, 0.3) is 0 Å². The fourth-order valence-electron chi connectivity index (χ4n) is 1.90. The monoisotopic (exact) mass is 279 g/mol. The SMILES string of the molecule is CNC(=O)C(C)CN(C)Cc1ccc(C#N)cc1Cl. The molecule has 0 heterocycles. The number of hydrogen-bond donors (Lipinski definition) is 1. The van der Waals surface area contributed by atoms with Gasteiger partial charge in [0.25, 0.3) is 0 Å². The summed E-state index contributed by atoms with van der Waals surface area (Å²) in [6.45, 7) is 3.18. The summed E-state index contributed by atoms with van der Waals surface area (Å²) in [4.78, 5) is 13.5. The predicted octanol–water partition coefficient (Wildman–Crippen LogP) is 2.03. The summed E-state index contributed by atoms with van der Waals surface area (Å²) >= 11 is 6.12. The second kappa shape index (κ2) is 7.13. The first-order valence-corrected chi connectivity index (χ1v) is 6.44. The summed E-state index contributed by atoms with van der Waals surface area (Å²) < 4.78 is 0. The Labute approximate surface area is 119 Å². The smallest absolute Gasteiger partial charge is 0.223 e. The zero-order valence-corrected chi connectivity index (χ0v) is 12.2. The Morgan fingerprint density at radius 1 is 1.58 bits per heavy atom. The number of hydrogen-bond acceptors (Lipinski definition) is 3. The summed E-state index contributed by atoms with van der Waals surface area (Å²) in [6, 6.07) is 7.31. The van der Waals surface area contributed by atoms with Gasteiger partial charge < -0.3 is 10.2 Å². The van der Waals surface area contributed by atoms with Gasteiger partial charge in [0.05, 0.1) is 11.6 Å². The molecule has 5 heteroatoms. The first-order valence-electron chi connectivity index (χ1n) is 6.06. The van der Waals surface area contributed by atoms with Gasteiger partial charge in [0.2, 0.25) is 5.91 Å². The minimum atomic E-state index is -0.0767. The molecule has 0 aliphatic heterocycles. The zero-order valence-electron chi connectivity index (χ0n) is 11.4. The van der Waals surface area contributed by atoms with E-state index in [9.17, 15) is 4.79 Å². The van der Waals surface area contributed by atoms with Crippen LogP contribution in [0.5, 0.6) is 0 Å². The third kappa shape index (κ3) is 4.55. The van der Waals surface area contributed by atoms with E-state index < -0.39 is 0 Å². The molecular formula is C14H18ClN3O. The Morgan fingerprint density at radius 2 is 2.26 bits per heavy atom. The molecule has 4 nitrogen and oxygen atoms in total. The van der Waals surface area contributed by atoms with Gasteiger partial charge in [-0.3, -0.25) is 4.79 Å². The van der Waals surface area contributed by atoms with Crippen molar-refractivity contribution in [3.05, 3.63) is 34.3 Å². The average Bonchev–Trinajstić information content (AvgIpc) is 2.39. The van der Waals surface area contributed by atoms with Gasteiger partial charge in [-0.2, -0.15) is 5.26 Å². The summed E-state index contributed by atoms with van der Waals surface area (Å²) in [7, 11) is 3.57. The number of amides is 1. The first kappa shape index (κ1) is 15.5. The summed E-state index contributed by atoms with van der Waals surface area (Å²) in [6.07, 6.45) is 0. The molecule has 0 aliphatic rings. The Kier molecular flexibility index (Phi) is 5.81. The fraction of sp³-hybridized carbons (Fsp3) is 0.429. The van der Waals surface area contributed by atoms with Crippen molar-refractivity contribution in [3.8, 4) is 6.07 Å². The summed E-state index contributed by atoms with van der Waals surface area (Å²) in [5.74, 6) is -0.0510. The molecule has 0 bridgehead atoms. The van der Waals surface area contributed by atoms with Gasteiger partial charge in [-0.25, -0.2) is 0 Å². The molecule has 1 rings (SSSR count). The standard InChI is InChI=1S/C14H18ClN3O/c1-10(14(19)17-2)8-18(3)9-12-5-4-11(7-16)6-13(12)15/h4-6,10H,8-9H2,1-3H3,(H,17,19). The number of nitrogens with zero attached hydrogens (tertiary/aromatic N) is 2. The second-order valence-electron chi connectivity index (χ2n) is 4.63. The van der Waals surface area contributed by atoms with Gasteiger partial charge in [0, 0.05) is 31.1 Å². The Balaban J connectivity index is 2.65. The third-order valence-electron chi connectivity index (χ3n) is 2.90. The maximum atomic E-state index is 11.5. The summed E-state index contributed by atoms with van der Waals surface area (Å²) in [5.41, 5.74) is 1.50. The fourth-order valence-corrected chi connectivity index (χ4v) is 2.14. The lowest BCUT2D eigenvalue weighted by molar-refractivity contribution is -0.124. The average molecular weight is 280 g/mol. The number of carbonyl (C=O) groups excluding carboxylic acids is 1. The van der Waals surface area contributed by atoms with Crippen LogP contribution >= 0.6 is 11.6 Å². The van der Waals surface area contributed by atoms with Crippen LogP contribution in [0.15, 0.2) is 18.2 Å². The van der Waals surface area contributed by atoms with Crippen molar-refractivity contribution in [2.24, 2.45) is 5.92 Å². The molecule has 1 unspecified atom stereocenters. The van der Waals surface area contributed by atoms with Crippen molar-refractivity contribution >= 4 is 17.5 Å². The Bertz CT molecular complexity index is 496. The zero-order chi connectivity index (χ0) is 14.4. The van der Waals surface area contributed by atoms with Crippen molar-refractivity contribution in [3.63, 3.8) is 0 Å². The molecular weight excluding hydrogens is 262 g/mol. The van der Waals surface area contributed by atoms with Crippen LogP contribution in [0.2, 0.25) is 5.02 Å². The van der Waals surface area contributed by atoms with Gasteiger partial charge in [-0.05, 0) is 24.7 Å². The molecule has 102 valence electrons. The van der Waals surface area contributed by atoms with Crippen LogP contribution in [-0.4, -0.2) is 31.4 Å². The molecule has 1 N–H and O–H groups in total. The lowest BCUT2D eigenvalue weighted by Crippen LogP contribution is -2.34. The number of nitrogens with one attached hydrogen (secondary N) is 1. The molecule has 0 radical (unpaired) electrons. The minimum Gasteiger partial charge on any atom is -0.359 e. The van der Waals surface area contributed by atoms with Gasteiger partial charge in [-0.15, -0.1) is 0 Å². The topological polar surface area (TPSA) is 56.1 Å². The van der Waals surface area contributed by atoms with E-state index in [1.807, 2.05) is 24.9 Å². The molecule has 1 atom stereocenters. The summed E-state index contributed by atoms with van der Waals surface area (Å²) in [5, 5.41) is 12.0. The molecule has 1 aromatic rings. The van der Waals surface area contributed by atoms with E-state index in [0.717, 1.165) is 5.56 Å². The molecule has 0 aromatic heterocycles. The second-order valence-corrected chi connectivity index (χ2v) is 5.04. The van der Waals surface area contributed by atoms with Gasteiger partial charge in [0.15, 0.2) is 0 Å². The molecule has 0 spiro atoms. The van der Waals surface area contributed by atoms with E-state index in [0.29, 0.717) is 23.7 Å². The normalized spacial score (nSPS) is 12.0. The first-order chi connectivity index (χ1) is 8.97. The number of carbonyl (C=O) groups is 1. The molecule has 1 amide bonds. The highest BCUT2D eigenvalue weighted by atomic mass is 35.5. The van der Waals surface area contributed by atoms with E-state index in [1.54, 1.807) is 19.2 Å². The van der Waals surface area contributed by atoms with Crippen LogP contribution < -0.4 is 5.32 Å². The van der Waals surface area contributed by atoms with Crippen LogP contribution in [0.3, 0.4) is 0 Å². The van der Waals surface area contributed by atoms with Crippen LogP contribution in [0.4, 0.5) is 0 Å². The molecule has 19 heavy (non-hydrogen) atoms. The highest BCUT2D eigenvalue weighted by Crippen LogP contribution is 2.19. The van der Waals surface area contributed by atoms with Crippen LogP contribution in [-0.2, 0) is 11.3 Å². The van der Waals surface area contributed by atoms with Crippen molar-refractivity contribution in [2.45, 2.75) is 13.5 Å². The quantitative estimate of drug-likeness (QED) is 0.897. The van der Waals surface area contributed by atoms with Gasteiger partial charge in [0.1, 0.15) is 0 Å². The number of nitriles is 1.